The molecule has 2 rings (SSSR count). The predicted octanol–water partition coefficient (Wildman–Crippen LogP) is 2.42. The first-order valence-electron chi connectivity index (χ1n) is 5.89. The molecule has 18 heavy (non-hydrogen) atoms. The Morgan fingerprint density at radius 2 is 1.78 bits per heavy atom. The van der Waals surface area contributed by atoms with Crippen molar-refractivity contribution in [2.75, 3.05) is 14.2 Å². The van der Waals surface area contributed by atoms with Gasteiger partial charge in [0.25, 0.3) is 0 Å². The Balaban J connectivity index is 2.85. The van der Waals surface area contributed by atoms with Crippen molar-refractivity contribution < 1.29 is 9.47 Å². The minimum absolute atomic E-state index is 0.0599. The molecule has 0 aliphatic carbocycles. The SMILES string of the molecule is CCc1c(C)[nH]c2cc(OC)c(OC)cc2c1=O. The topological polar surface area (TPSA) is 51.3 Å². The van der Waals surface area contributed by atoms with Crippen LogP contribution >= 0.6 is 0 Å². The van der Waals surface area contributed by atoms with Crippen LogP contribution in [0.4, 0.5) is 0 Å². The van der Waals surface area contributed by atoms with Crippen molar-refractivity contribution in [3.63, 3.8) is 0 Å². The van der Waals surface area contributed by atoms with Gasteiger partial charge in [-0.2, -0.15) is 0 Å². The first-order valence-corrected chi connectivity index (χ1v) is 5.89. The van der Waals surface area contributed by atoms with E-state index >= 15 is 0 Å². The van der Waals surface area contributed by atoms with Crippen molar-refractivity contribution in [2.45, 2.75) is 20.3 Å². The molecule has 1 aromatic heterocycles. The van der Waals surface area contributed by atoms with Gasteiger partial charge in [0, 0.05) is 22.7 Å². The lowest BCUT2D eigenvalue weighted by molar-refractivity contribution is 0.355. The molecule has 0 spiro atoms. The zero-order chi connectivity index (χ0) is 13.3. The maximum absolute atomic E-state index is 12.3. The van der Waals surface area contributed by atoms with Gasteiger partial charge in [-0.05, 0) is 19.4 Å². The molecule has 0 bridgehead atoms. The summed E-state index contributed by atoms with van der Waals surface area (Å²) in [6, 6.07) is 3.52. The summed E-state index contributed by atoms with van der Waals surface area (Å²) in [4.78, 5) is 15.6. The molecule has 1 aromatic carbocycles. The van der Waals surface area contributed by atoms with Crippen LogP contribution in [0.15, 0.2) is 16.9 Å². The molecule has 0 amide bonds. The van der Waals surface area contributed by atoms with E-state index in [1.807, 2.05) is 13.8 Å². The summed E-state index contributed by atoms with van der Waals surface area (Å²) in [6.45, 7) is 3.89. The summed E-state index contributed by atoms with van der Waals surface area (Å²) in [5.74, 6) is 1.19. The molecule has 0 atom stereocenters. The highest BCUT2D eigenvalue weighted by Gasteiger charge is 2.12. The summed E-state index contributed by atoms with van der Waals surface area (Å²) in [6.07, 6.45) is 0.714. The number of aromatic nitrogens is 1. The Labute approximate surface area is 106 Å². The lowest BCUT2D eigenvalue weighted by Gasteiger charge is -2.11. The molecular weight excluding hydrogens is 230 g/mol. The second kappa shape index (κ2) is 4.72. The second-order valence-corrected chi connectivity index (χ2v) is 4.16. The lowest BCUT2D eigenvalue weighted by atomic mass is 10.1. The van der Waals surface area contributed by atoms with E-state index in [2.05, 4.69) is 4.98 Å². The van der Waals surface area contributed by atoms with Crippen molar-refractivity contribution >= 4 is 10.9 Å². The summed E-state index contributed by atoms with van der Waals surface area (Å²) in [5, 5.41) is 0.634. The fourth-order valence-corrected chi connectivity index (χ4v) is 2.21. The van der Waals surface area contributed by atoms with Crippen molar-refractivity contribution in [2.24, 2.45) is 0 Å². The van der Waals surface area contributed by atoms with Crippen molar-refractivity contribution in [3.8, 4) is 11.5 Å². The Kier molecular flexibility index (Phi) is 3.28. The molecule has 4 heteroatoms. The number of hydrogen-bond acceptors (Lipinski definition) is 3. The number of pyridine rings is 1. The van der Waals surface area contributed by atoms with Crippen LogP contribution in [-0.4, -0.2) is 19.2 Å². The van der Waals surface area contributed by atoms with Crippen LogP contribution in [0, 0.1) is 6.92 Å². The van der Waals surface area contributed by atoms with Gasteiger partial charge in [-0.3, -0.25) is 4.79 Å². The van der Waals surface area contributed by atoms with E-state index in [0.717, 1.165) is 16.8 Å². The number of aryl methyl sites for hydroxylation is 1. The summed E-state index contributed by atoms with van der Waals surface area (Å²) in [5.41, 5.74) is 2.55. The van der Waals surface area contributed by atoms with E-state index < -0.39 is 0 Å². The predicted molar refractivity (Wildman–Crippen MR) is 71.8 cm³/mol. The van der Waals surface area contributed by atoms with Gasteiger partial charge in [0.15, 0.2) is 16.9 Å². The molecule has 0 saturated heterocycles. The number of methoxy groups -OCH3 is 2. The van der Waals surface area contributed by atoms with Crippen LogP contribution in [0.2, 0.25) is 0 Å². The molecule has 0 aliphatic heterocycles. The molecule has 4 nitrogen and oxygen atoms in total. The van der Waals surface area contributed by atoms with Gasteiger partial charge in [-0.15, -0.1) is 0 Å². The number of benzene rings is 1. The molecule has 0 unspecified atom stereocenters. The minimum Gasteiger partial charge on any atom is -0.493 e. The van der Waals surface area contributed by atoms with Gasteiger partial charge < -0.3 is 14.5 Å². The smallest absolute Gasteiger partial charge is 0.192 e. The third kappa shape index (κ3) is 1.83. The van der Waals surface area contributed by atoms with E-state index in [0.29, 0.717) is 23.3 Å². The van der Waals surface area contributed by atoms with Gasteiger partial charge in [-0.1, -0.05) is 6.92 Å². The van der Waals surface area contributed by atoms with Gasteiger partial charge in [0.1, 0.15) is 0 Å². The van der Waals surface area contributed by atoms with E-state index in [9.17, 15) is 4.79 Å². The van der Waals surface area contributed by atoms with Gasteiger partial charge in [0.2, 0.25) is 0 Å². The fourth-order valence-electron chi connectivity index (χ4n) is 2.21. The van der Waals surface area contributed by atoms with E-state index in [4.69, 9.17) is 9.47 Å². The quantitative estimate of drug-likeness (QED) is 0.906. The van der Waals surface area contributed by atoms with Crippen LogP contribution < -0.4 is 14.9 Å². The highest BCUT2D eigenvalue weighted by Crippen LogP contribution is 2.30. The Bertz CT molecular complexity index is 644. The van der Waals surface area contributed by atoms with Crippen molar-refractivity contribution in [3.05, 3.63) is 33.6 Å². The molecule has 0 saturated carbocycles. The maximum Gasteiger partial charge on any atom is 0.192 e. The van der Waals surface area contributed by atoms with Crippen molar-refractivity contribution in [1.29, 1.82) is 0 Å². The monoisotopic (exact) mass is 247 g/mol. The van der Waals surface area contributed by atoms with E-state index in [1.54, 1.807) is 26.4 Å². The van der Waals surface area contributed by atoms with Crippen LogP contribution in [0.25, 0.3) is 10.9 Å². The third-order valence-corrected chi connectivity index (χ3v) is 3.17. The number of H-pyrrole nitrogens is 1. The molecule has 0 radical (unpaired) electrons. The number of rotatable bonds is 3. The molecular formula is C14H17NO3. The molecule has 2 aromatic rings. The van der Waals surface area contributed by atoms with Crippen molar-refractivity contribution in [1.82, 2.24) is 4.98 Å². The summed E-state index contributed by atoms with van der Waals surface area (Å²) < 4.78 is 10.5. The van der Waals surface area contributed by atoms with Gasteiger partial charge in [0.05, 0.1) is 19.7 Å². The Morgan fingerprint density at radius 3 is 2.33 bits per heavy atom. The Hall–Kier alpha value is -1.97. The summed E-state index contributed by atoms with van der Waals surface area (Å²) >= 11 is 0. The molecule has 1 N–H and O–H groups in total. The first-order chi connectivity index (χ1) is 8.62. The van der Waals surface area contributed by atoms with Crippen LogP contribution in [0.5, 0.6) is 11.5 Å². The van der Waals surface area contributed by atoms with Gasteiger partial charge in [-0.25, -0.2) is 0 Å². The van der Waals surface area contributed by atoms with Crippen LogP contribution in [0.1, 0.15) is 18.2 Å². The molecule has 1 heterocycles. The van der Waals surface area contributed by atoms with Crippen LogP contribution in [0.3, 0.4) is 0 Å². The highest BCUT2D eigenvalue weighted by atomic mass is 16.5. The lowest BCUT2D eigenvalue weighted by Crippen LogP contribution is -2.12. The number of ether oxygens (including phenoxy) is 2. The summed E-state index contributed by atoms with van der Waals surface area (Å²) in [7, 11) is 3.14. The first kappa shape index (κ1) is 12.5. The van der Waals surface area contributed by atoms with E-state index in [-0.39, 0.29) is 5.43 Å². The fraction of sp³-hybridized carbons (Fsp3) is 0.357. The zero-order valence-electron chi connectivity index (χ0n) is 11.1. The number of hydrogen-bond donors (Lipinski definition) is 1. The van der Waals surface area contributed by atoms with Crippen LogP contribution in [-0.2, 0) is 6.42 Å². The van der Waals surface area contributed by atoms with E-state index in [1.165, 1.54) is 0 Å². The average Bonchev–Trinajstić information content (AvgIpc) is 2.37. The normalized spacial score (nSPS) is 10.7. The molecule has 0 fully saturated rings. The molecule has 0 aliphatic rings. The minimum atomic E-state index is 0.0599. The third-order valence-electron chi connectivity index (χ3n) is 3.17. The zero-order valence-corrected chi connectivity index (χ0v) is 11.1. The standard InChI is InChI=1S/C14H17NO3/c1-5-9-8(2)15-11-7-13(18-4)12(17-3)6-10(11)14(9)16/h6-7H,5H2,1-4H3,(H,15,16). The number of aromatic amines is 1. The number of nitrogens with one attached hydrogen (secondary N) is 1. The number of fused-ring (bicyclic) bond motifs is 1. The molecule has 96 valence electrons. The maximum atomic E-state index is 12.3. The Morgan fingerprint density at radius 1 is 1.17 bits per heavy atom. The largest absolute Gasteiger partial charge is 0.493 e. The second-order valence-electron chi connectivity index (χ2n) is 4.16. The highest BCUT2D eigenvalue weighted by molar-refractivity contribution is 5.83. The average molecular weight is 247 g/mol. The van der Waals surface area contributed by atoms with Gasteiger partial charge >= 0.3 is 0 Å².